The van der Waals surface area contributed by atoms with E-state index in [4.69, 9.17) is 17.3 Å². The number of halogens is 1. The van der Waals surface area contributed by atoms with Crippen molar-refractivity contribution in [2.75, 3.05) is 12.3 Å². The normalized spacial score (nSPS) is 20.2. The summed E-state index contributed by atoms with van der Waals surface area (Å²) < 4.78 is 0. The van der Waals surface area contributed by atoms with Crippen LogP contribution in [0.2, 0.25) is 5.02 Å². The van der Waals surface area contributed by atoms with E-state index < -0.39 is 0 Å². The summed E-state index contributed by atoms with van der Waals surface area (Å²) in [7, 11) is 0. The molecule has 3 heteroatoms. The molecule has 1 unspecified atom stereocenters. The molecule has 2 nitrogen and oxygen atoms in total. The van der Waals surface area contributed by atoms with E-state index in [-0.39, 0.29) is 0 Å². The van der Waals surface area contributed by atoms with Crippen molar-refractivity contribution < 1.29 is 0 Å². The Hall–Kier alpha value is -0.990. The Morgan fingerprint density at radius 1 is 1.37 bits per heavy atom. The zero-order chi connectivity index (χ0) is 14.0. The topological polar surface area (TPSA) is 38.0 Å². The number of nitrogen functional groups attached to an aromatic ring is 1. The summed E-state index contributed by atoms with van der Waals surface area (Å²) in [5.74, 6) is 0. The molecule has 0 bridgehead atoms. The summed E-state index contributed by atoms with van der Waals surface area (Å²) in [4.78, 5) is 0. The van der Waals surface area contributed by atoms with Crippen LogP contribution in [0.5, 0.6) is 0 Å². The highest BCUT2D eigenvalue weighted by Crippen LogP contribution is 2.31. The molecule has 19 heavy (non-hydrogen) atoms. The monoisotopic (exact) mass is 278 g/mol. The molecule has 1 aromatic carbocycles. The molecule has 0 saturated carbocycles. The van der Waals surface area contributed by atoms with Crippen LogP contribution >= 0.6 is 11.6 Å². The minimum atomic E-state index is 0.316. The van der Waals surface area contributed by atoms with Crippen LogP contribution in [0.25, 0.3) is 5.57 Å². The summed E-state index contributed by atoms with van der Waals surface area (Å²) in [6.07, 6.45) is 4.44. The van der Waals surface area contributed by atoms with Gasteiger partial charge in [-0.25, -0.2) is 0 Å². The minimum absolute atomic E-state index is 0.316. The minimum Gasteiger partial charge on any atom is -0.398 e. The maximum Gasteiger partial charge on any atom is 0.0413 e. The summed E-state index contributed by atoms with van der Waals surface area (Å²) in [6.45, 7) is 7.80. The lowest BCUT2D eigenvalue weighted by Crippen LogP contribution is -2.35. The maximum absolute atomic E-state index is 6.08. The van der Waals surface area contributed by atoms with E-state index in [0.29, 0.717) is 11.5 Å². The number of nitrogens with two attached hydrogens (primary N) is 1. The van der Waals surface area contributed by atoms with Gasteiger partial charge in [0, 0.05) is 22.3 Å². The van der Waals surface area contributed by atoms with E-state index >= 15 is 0 Å². The third-order valence-corrected chi connectivity index (χ3v) is 3.63. The van der Waals surface area contributed by atoms with E-state index in [0.717, 1.165) is 35.7 Å². The van der Waals surface area contributed by atoms with Crippen LogP contribution in [-0.2, 0) is 0 Å². The largest absolute Gasteiger partial charge is 0.398 e. The van der Waals surface area contributed by atoms with Crippen LogP contribution in [0.3, 0.4) is 0 Å². The van der Waals surface area contributed by atoms with E-state index in [1.54, 1.807) is 0 Å². The van der Waals surface area contributed by atoms with Crippen molar-refractivity contribution in [3.8, 4) is 0 Å². The lowest BCUT2D eigenvalue weighted by molar-refractivity contribution is 0.333. The van der Waals surface area contributed by atoms with Gasteiger partial charge in [-0.2, -0.15) is 0 Å². The number of hydrogen-bond acceptors (Lipinski definition) is 2. The quantitative estimate of drug-likeness (QED) is 0.799. The maximum atomic E-state index is 6.08. The SMILES string of the molecule is CC(C)(C)CC1C=C(c2cc(Cl)ccc2N)CCN1. The first kappa shape index (κ1) is 14.4. The Morgan fingerprint density at radius 2 is 2.11 bits per heavy atom. The van der Waals surface area contributed by atoms with Gasteiger partial charge in [0.15, 0.2) is 0 Å². The van der Waals surface area contributed by atoms with Gasteiger partial charge in [-0.1, -0.05) is 38.4 Å². The average molecular weight is 279 g/mol. The van der Waals surface area contributed by atoms with Crippen LogP contribution in [0, 0.1) is 5.41 Å². The molecule has 3 N–H and O–H groups in total. The van der Waals surface area contributed by atoms with Crippen LogP contribution in [0.1, 0.15) is 39.2 Å². The number of nitrogens with one attached hydrogen (secondary N) is 1. The van der Waals surface area contributed by atoms with E-state index in [2.05, 4.69) is 32.2 Å². The molecule has 0 amide bonds. The summed E-state index contributed by atoms with van der Waals surface area (Å²) in [6, 6.07) is 6.12. The van der Waals surface area contributed by atoms with Crippen molar-refractivity contribution >= 4 is 22.9 Å². The fraction of sp³-hybridized carbons (Fsp3) is 0.500. The van der Waals surface area contributed by atoms with Gasteiger partial charge < -0.3 is 11.1 Å². The van der Waals surface area contributed by atoms with Gasteiger partial charge in [0.25, 0.3) is 0 Å². The number of anilines is 1. The molecule has 1 aromatic rings. The van der Waals surface area contributed by atoms with Crippen LogP contribution < -0.4 is 11.1 Å². The van der Waals surface area contributed by atoms with Gasteiger partial charge in [-0.3, -0.25) is 0 Å². The van der Waals surface area contributed by atoms with Gasteiger partial charge in [0.05, 0.1) is 0 Å². The van der Waals surface area contributed by atoms with Gasteiger partial charge in [0.2, 0.25) is 0 Å². The highest BCUT2D eigenvalue weighted by Gasteiger charge is 2.21. The second-order valence-electron chi connectivity index (χ2n) is 6.50. The first-order valence-corrected chi connectivity index (χ1v) is 7.22. The first-order chi connectivity index (χ1) is 8.85. The summed E-state index contributed by atoms with van der Waals surface area (Å²) in [5.41, 5.74) is 9.60. The number of benzene rings is 1. The smallest absolute Gasteiger partial charge is 0.0413 e. The molecule has 1 heterocycles. The third kappa shape index (κ3) is 3.99. The van der Waals surface area contributed by atoms with Crippen LogP contribution in [0.15, 0.2) is 24.3 Å². The van der Waals surface area contributed by atoms with Crippen LogP contribution in [-0.4, -0.2) is 12.6 Å². The highest BCUT2D eigenvalue weighted by molar-refractivity contribution is 6.30. The molecule has 1 aliphatic heterocycles. The molecule has 0 aromatic heterocycles. The third-order valence-electron chi connectivity index (χ3n) is 3.40. The van der Waals surface area contributed by atoms with Gasteiger partial charge >= 0.3 is 0 Å². The Kier molecular flexibility index (Phi) is 4.22. The van der Waals surface area contributed by atoms with Crippen molar-refractivity contribution in [3.63, 3.8) is 0 Å². The molecule has 2 rings (SSSR count). The lowest BCUT2D eigenvalue weighted by atomic mass is 9.85. The van der Waals surface area contributed by atoms with Crippen molar-refractivity contribution in [2.24, 2.45) is 5.41 Å². The predicted octanol–water partition coefficient (Wildman–Crippen LogP) is 4.10. The van der Waals surface area contributed by atoms with Crippen molar-refractivity contribution in [2.45, 2.75) is 39.7 Å². The predicted molar refractivity (Wildman–Crippen MR) is 84.3 cm³/mol. The molecule has 1 atom stereocenters. The highest BCUT2D eigenvalue weighted by atomic mass is 35.5. The van der Waals surface area contributed by atoms with Crippen LogP contribution in [0.4, 0.5) is 5.69 Å². The van der Waals surface area contributed by atoms with Crippen molar-refractivity contribution in [3.05, 3.63) is 34.9 Å². The zero-order valence-electron chi connectivity index (χ0n) is 12.0. The Bertz CT molecular complexity index is 486. The standard InChI is InChI=1S/C16H23ClN2/c1-16(2,3)10-13-8-11(6-7-19-13)14-9-12(17)4-5-15(14)18/h4-5,8-9,13,19H,6-7,10,18H2,1-3H3. The molecule has 0 radical (unpaired) electrons. The Morgan fingerprint density at radius 3 is 2.79 bits per heavy atom. The molecule has 1 aliphatic rings. The summed E-state index contributed by atoms with van der Waals surface area (Å²) in [5, 5.41) is 4.31. The molecule has 0 saturated heterocycles. The number of hydrogen-bond donors (Lipinski definition) is 2. The fourth-order valence-corrected chi connectivity index (χ4v) is 2.77. The molecule has 0 spiro atoms. The van der Waals surface area contributed by atoms with Gasteiger partial charge in [0.1, 0.15) is 0 Å². The van der Waals surface area contributed by atoms with Gasteiger partial charge in [-0.15, -0.1) is 0 Å². The second kappa shape index (κ2) is 5.56. The molecule has 0 fully saturated rings. The molecule has 0 aliphatic carbocycles. The molecular weight excluding hydrogens is 256 g/mol. The Labute approximate surface area is 121 Å². The summed E-state index contributed by atoms with van der Waals surface area (Å²) >= 11 is 6.08. The fourth-order valence-electron chi connectivity index (χ4n) is 2.60. The van der Waals surface area contributed by atoms with E-state index in [1.807, 2.05) is 18.2 Å². The lowest BCUT2D eigenvalue weighted by Gasteiger charge is -2.29. The molecule has 104 valence electrons. The van der Waals surface area contributed by atoms with Crippen molar-refractivity contribution in [1.82, 2.24) is 5.32 Å². The zero-order valence-corrected chi connectivity index (χ0v) is 12.7. The van der Waals surface area contributed by atoms with E-state index in [9.17, 15) is 0 Å². The van der Waals surface area contributed by atoms with E-state index in [1.165, 1.54) is 5.57 Å². The molecular formula is C16H23ClN2. The number of rotatable bonds is 2. The Balaban J connectivity index is 2.26. The first-order valence-electron chi connectivity index (χ1n) is 6.85. The second-order valence-corrected chi connectivity index (χ2v) is 6.94. The van der Waals surface area contributed by atoms with Gasteiger partial charge in [-0.05, 0) is 48.6 Å². The van der Waals surface area contributed by atoms with Crippen molar-refractivity contribution in [1.29, 1.82) is 0 Å². The average Bonchev–Trinajstić information content (AvgIpc) is 2.30.